The molecule has 0 spiro atoms. The Balaban J connectivity index is 3.66. The highest BCUT2D eigenvalue weighted by molar-refractivity contribution is 5.78. The zero-order valence-corrected chi connectivity index (χ0v) is 9.43. The van der Waals surface area contributed by atoms with Gasteiger partial charge in [-0.05, 0) is 34.0 Å². The van der Waals surface area contributed by atoms with E-state index in [-0.39, 0.29) is 0 Å². The molecule has 78 valence electrons. The van der Waals surface area contributed by atoms with Crippen molar-refractivity contribution in [1.82, 2.24) is 9.80 Å². The molecule has 0 heterocycles. The summed E-state index contributed by atoms with van der Waals surface area (Å²) in [7, 11) is 4.17. The third kappa shape index (κ3) is 5.64. The summed E-state index contributed by atoms with van der Waals surface area (Å²) < 4.78 is 0. The van der Waals surface area contributed by atoms with Gasteiger partial charge in [0.05, 0.1) is 5.84 Å². The molecule has 13 heavy (non-hydrogen) atoms. The van der Waals surface area contributed by atoms with Crippen LogP contribution in [0.3, 0.4) is 0 Å². The number of nitrogens with one attached hydrogen (secondary N) is 1. The third-order valence-electron chi connectivity index (χ3n) is 2.13. The van der Waals surface area contributed by atoms with Crippen LogP contribution in [0.25, 0.3) is 0 Å². The standard InChI is InChI=1S/C10H23N3/c1-5-10(11)13(6-2)9-7-8-12(3)4/h11H,5-9H2,1-4H3. The fourth-order valence-electron chi connectivity index (χ4n) is 1.29. The van der Waals surface area contributed by atoms with Crippen LogP contribution in [0.5, 0.6) is 0 Å². The first-order valence-electron chi connectivity index (χ1n) is 5.08. The zero-order valence-electron chi connectivity index (χ0n) is 9.43. The van der Waals surface area contributed by atoms with Gasteiger partial charge in [-0.2, -0.15) is 0 Å². The monoisotopic (exact) mass is 185 g/mol. The smallest absolute Gasteiger partial charge is 0.0954 e. The van der Waals surface area contributed by atoms with E-state index in [4.69, 9.17) is 5.41 Å². The lowest BCUT2D eigenvalue weighted by Gasteiger charge is -2.23. The number of rotatable bonds is 6. The van der Waals surface area contributed by atoms with Gasteiger partial charge >= 0.3 is 0 Å². The van der Waals surface area contributed by atoms with Crippen molar-refractivity contribution < 1.29 is 0 Å². The van der Waals surface area contributed by atoms with Crippen LogP contribution in [0.1, 0.15) is 26.7 Å². The highest BCUT2D eigenvalue weighted by Crippen LogP contribution is 1.96. The maximum absolute atomic E-state index is 7.69. The normalized spacial score (nSPS) is 10.5. The summed E-state index contributed by atoms with van der Waals surface area (Å²) in [4.78, 5) is 4.33. The Morgan fingerprint density at radius 3 is 2.15 bits per heavy atom. The summed E-state index contributed by atoms with van der Waals surface area (Å²) in [5, 5.41) is 7.69. The van der Waals surface area contributed by atoms with E-state index in [1.807, 2.05) is 6.92 Å². The van der Waals surface area contributed by atoms with E-state index in [0.29, 0.717) is 0 Å². The topological polar surface area (TPSA) is 30.3 Å². The SMILES string of the molecule is CCC(=N)N(CC)CCCN(C)C. The minimum absolute atomic E-state index is 0.765. The minimum atomic E-state index is 0.765. The Labute approximate surface area is 82.2 Å². The molecule has 0 aliphatic heterocycles. The van der Waals surface area contributed by atoms with Gasteiger partial charge in [-0.15, -0.1) is 0 Å². The van der Waals surface area contributed by atoms with Crippen LogP contribution >= 0.6 is 0 Å². The average molecular weight is 185 g/mol. The zero-order chi connectivity index (χ0) is 10.3. The third-order valence-corrected chi connectivity index (χ3v) is 2.13. The second kappa shape index (κ2) is 6.89. The molecule has 3 nitrogen and oxygen atoms in total. The van der Waals surface area contributed by atoms with Crippen molar-refractivity contribution in [1.29, 1.82) is 5.41 Å². The van der Waals surface area contributed by atoms with Crippen molar-refractivity contribution in [2.75, 3.05) is 33.7 Å². The highest BCUT2D eigenvalue weighted by atomic mass is 15.2. The maximum Gasteiger partial charge on any atom is 0.0954 e. The molecule has 0 fully saturated rings. The van der Waals surface area contributed by atoms with Gasteiger partial charge in [-0.1, -0.05) is 6.92 Å². The summed E-state index contributed by atoms with van der Waals surface area (Å²) in [5.41, 5.74) is 0. The van der Waals surface area contributed by atoms with Gasteiger partial charge in [0.2, 0.25) is 0 Å². The molecule has 0 unspecified atom stereocenters. The molecule has 0 rings (SSSR count). The Bertz CT molecular complexity index is 143. The molecule has 0 amide bonds. The summed E-state index contributed by atoms with van der Waals surface area (Å²) in [6, 6.07) is 0. The van der Waals surface area contributed by atoms with E-state index in [9.17, 15) is 0 Å². The van der Waals surface area contributed by atoms with Crippen LogP contribution in [-0.2, 0) is 0 Å². The first-order chi connectivity index (χ1) is 6.11. The molecule has 0 aliphatic rings. The Hall–Kier alpha value is -0.570. The van der Waals surface area contributed by atoms with Gasteiger partial charge in [-0.3, -0.25) is 5.41 Å². The molecule has 0 saturated heterocycles. The van der Waals surface area contributed by atoms with Crippen LogP contribution < -0.4 is 0 Å². The van der Waals surface area contributed by atoms with E-state index >= 15 is 0 Å². The summed E-state index contributed by atoms with van der Waals surface area (Å²) in [6.45, 7) is 7.23. The van der Waals surface area contributed by atoms with E-state index in [0.717, 1.165) is 38.3 Å². The number of amidine groups is 1. The van der Waals surface area contributed by atoms with E-state index in [2.05, 4.69) is 30.8 Å². The minimum Gasteiger partial charge on any atom is -0.361 e. The van der Waals surface area contributed by atoms with Gasteiger partial charge in [-0.25, -0.2) is 0 Å². The molecule has 1 N–H and O–H groups in total. The Morgan fingerprint density at radius 1 is 1.15 bits per heavy atom. The predicted octanol–water partition coefficient (Wildman–Crippen LogP) is 1.65. The lowest BCUT2D eigenvalue weighted by Crippen LogP contribution is -2.32. The second-order valence-corrected chi connectivity index (χ2v) is 3.54. The van der Waals surface area contributed by atoms with Crippen LogP contribution in [0.2, 0.25) is 0 Å². The van der Waals surface area contributed by atoms with Crippen molar-refractivity contribution in [2.45, 2.75) is 26.7 Å². The van der Waals surface area contributed by atoms with Crippen molar-refractivity contribution >= 4 is 5.84 Å². The molecular weight excluding hydrogens is 162 g/mol. The lowest BCUT2D eigenvalue weighted by atomic mass is 10.3. The van der Waals surface area contributed by atoms with Crippen molar-refractivity contribution in [3.63, 3.8) is 0 Å². The highest BCUT2D eigenvalue weighted by Gasteiger charge is 2.04. The van der Waals surface area contributed by atoms with E-state index in [1.54, 1.807) is 0 Å². The van der Waals surface area contributed by atoms with Crippen LogP contribution in [0.15, 0.2) is 0 Å². The maximum atomic E-state index is 7.69. The lowest BCUT2D eigenvalue weighted by molar-refractivity contribution is 0.351. The van der Waals surface area contributed by atoms with Gasteiger partial charge in [0.15, 0.2) is 0 Å². The van der Waals surface area contributed by atoms with Crippen molar-refractivity contribution in [2.24, 2.45) is 0 Å². The van der Waals surface area contributed by atoms with Gasteiger partial charge in [0.1, 0.15) is 0 Å². The first-order valence-corrected chi connectivity index (χ1v) is 5.08. The quantitative estimate of drug-likeness (QED) is 0.504. The summed E-state index contributed by atoms with van der Waals surface area (Å²) >= 11 is 0. The number of hydrogen-bond donors (Lipinski definition) is 1. The Kier molecular flexibility index (Phi) is 6.59. The molecule has 0 bridgehead atoms. The summed E-state index contributed by atoms with van der Waals surface area (Å²) in [6.07, 6.45) is 1.99. The Morgan fingerprint density at radius 2 is 1.77 bits per heavy atom. The van der Waals surface area contributed by atoms with E-state index in [1.165, 1.54) is 0 Å². The van der Waals surface area contributed by atoms with Crippen molar-refractivity contribution in [3.05, 3.63) is 0 Å². The van der Waals surface area contributed by atoms with Crippen LogP contribution in [0.4, 0.5) is 0 Å². The van der Waals surface area contributed by atoms with E-state index < -0.39 is 0 Å². The number of hydrogen-bond acceptors (Lipinski definition) is 2. The molecule has 3 heteroatoms. The molecule has 0 aromatic carbocycles. The largest absolute Gasteiger partial charge is 0.361 e. The molecular formula is C10H23N3. The molecule has 0 aromatic rings. The second-order valence-electron chi connectivity index (χ2n) is 3.54. The molecule has 0 atom stereocenters. The average Bonchev–Trinajstić information content (AvgIpc) is 2.11. The van der Waals surface area contributed by atoms with Gasteiger partial charge < -0.3 is 9.80 Å². The van der Waals surface area contributed by atoms with Gasteiger partial charge in [0.25, 0.3) is 0 Å². The summed E-state index contributed by atoms with van der Waals surface area (Å²) in [5.74, 6) is 0.765. The van der Waals surface area contributed by atoms with Gasteiger partial charge in [0, 0.05) is 19.5 Å². The van der Waals surface area contributed by atoms with Crippen molar-refractivity contribution in [3.8, 4) is 0 Å². The molecule has 0 radical (unpaired) electrons. The fourth-order valence-corrected chi connectivity index (χ4v) is 1.29. The molecule has 0 aliphatic carbocycles. The number of nitrogens with zero attached hydrogens (tertiary/aromatic N) is 2. The molecule has 0 aromatic heterocycles. The van der Waals surface area contributed by atoms with Crippen LogP contribution in [0, 0.1) is 5.41 Å². The molecule has 0 saturated carbocycles. The first kappa shape index (κ1) is 12.4. The predicted molar refractivity (Wildman–Crippen MR) is 58.4 cm³/mol. The van der Waals surface area contributed by atoms with Crippen LogP contribution in [-0.4, -0.2) is 49.4 Å². The fraction of sp³-hybridized carbons (Fsp3) is 0.900.